The van der Waals surface area contributed by atoms with Crippen LogP contribution in [-0.4, -0.2) is 82.5 Å². The normalized spacial score (nSPS) is 24.0. The number of hydrogen-bond acceptors (Lipinski definition) is 4. The van der Waals surface area contributed by atoms with Gasteiger partial charge in [0.1, 0.15) is 6.04 Å². The van der Waals surface area contributed by atoms with E-state index < -0.39 is 29.9 Å². The molecule has 2 atom stereocenters. The Morgan fingerprint density at radius 3 is 2.40 bits per heavy atom. The Balaban J connectivity index is 1.22. The predicted molar refractivity (Wildman–Crippen MR) is 121 cm³/mol. The smallest absolute Gasteiger partial charge is 0.391 e. The quantitative estimate of drug-likeness (QED) is 0.656. The summed E-state index contributed by atoms with van der Waals surface area (Å²) in [6.07, 6.45) is -1.23. The van der Waals surface area contributed by atoms with Crippen LogP contribution >= 0.6 is 0 Å². The summed E-state index contributed by atoms with van der Waals surface area (Å²) in [4.78, 5) is 42.6. The van der Waals surface area contributed by atoms with Gasteiger partial charge in [-0.2, -0.15) is 13.2 Å². The van der Waals surface area contributed by atoms with Gasteiger partial charge in [-0.1, -0.05) is 0 Å². The maximum absolute atomic E-state index is 12.8. The number of aliphatic hydroxyl groups excluding tert-OH is 1. The Bertz CT molecular complexity index is 965. The number of nitrogens with one attached hydrogen (secondary N) is 1. The van der Waals surface area contributed by atoms with Gasteiger partial charge in [0.2, 0.25) is 11.8 Å². The number of urea groups is 1. The molecule has 2 heterocycles. The van der Waals surface area contributed by atoms with Crippen LogP contribution in [0.25, 0.3) is 0 Å². The number of halogens is 3. The summed E-state index contributed by atoms with van der Waals surface area (Å²) in [6.45, 7) is 3.62. The van der Waals surface area contributed by atoms with Crippen molar-refractivity contribution in [1.82, 2.24) is 14.7 Å². The van der Waals surface area contributed by atoms with E-state index in [2.05, 4.69) is 5.32 Å². The van der Waals surface area contributed by atoms with Gasteiger partial charge < -0.3 is 25.1 Å². The number of alkyl halides is 3. The summed E-state index contributed by atoms with van der Waals surface area (Å²) in [7, 11) is 0. The number of aliphatic hydroxyl groups is 1. The van der Waals surface area contributed by atoms with Gasteiger partial charge in [0.25, 0.3) is 0 Å². The SMILES string of the molecule is C[C@H]1C(=O)N(CCCC(=O)N2CCC3(CC3)[C@H](O)C2)CCN1C(=O)Nc1ccc(C(F)(F)F)cc1. The lowest BCUT2D eigenvalue weighted by atomic mass is 9.90. The van der Waals surface area contributed by atoms with E-state index in [-0.39, 0.29) is 35.9 Å². The monoisotopic (exact) mass is 496 g/mol. The zero-order valence-electron chi connectivity index (χ0n) is 19.7. The van der Waals surface area contributed by atoms with Crippen LogP contribution in [0.3, 0.4) is 0 Å². The number of anilines is 1. The molecule has 1 aromatic carbocycles. The van der Waals surface area contributed by atoms with Gasteiger partial charge in [-0.05, 0) is 62.3 Å². The molecule has 1 aromatic rings. The summed E-state index contributed by atoms with van der Waals surface area (Å²) >= 11 is 0. The molecule has 0 aromatic heterocycles. The molecule has 1 aliphatic carbocycles. The molecule has 35 heavy (non-hydrogen) atoms. The fourth-order valence-electron chi connectivity index (χ4n) is 4.93. The molecule has 1 saturated carbocycles. The number of rotatable bonds is 5. The standard InChI is InChI=1S/C24H31F3N4O4/c1-16-21(34)29(11-2-3-20(33)30-12-10-23(8-9-23)19(32)15-30)13-14-31(16)22(35)28-18-6-4-17(5-7-18)24(25,26)27/h4-7,16,19,32H,2-3,8-15H2,1H3,(H,28,35)/t16-,19+/m0/s1. The third-order valence-corrected chi connectivity index (χ3v) is 7.52. The molecular weight excluding hydrogens is 465 g/mol. The minimum absolute atomic E-state index is 0.0189. The first-order chi connectivity index (χ1) is 16.5. The molecule has 3 aliphatic rings. The number of carbonyl (C=O) groups excluding carboxylic acids is 3. The van der Waals surface area contributed by atoms with Crippen LogP contribution in [0.1, 0.15) is 44.6 Å². The van der Waals surface area contributed by atoms with Crippen LogP contribution in [0, 0.1) is 5.41 Å². The molecular formula is C24H31F3N4O4. The number of likely N-dealkylation sites (tertiary alicyclic amines) is 1. The summed E-state index contributed by atoms with van der Waals surface area (Å²) in [5, 5.41) is 12.8. The van der Waals surface area contributed by atoms with E-state index in [0.29, 0.717) is 32.6 Å². The topological polar surface area (TPSA) is 93.2 Å². The Labute approximate surface area is 202 Å². The van der Waals surface area contributed by atoms with E-state index in [1.807, 2.05) is 0 Å². The lowest BCUT2D eigenvalue weighted by Crippen LogP contribution is -2.58. The molecule has 0 radical (unpaired) electrons. The summed E-state index contributed by atoms with van der Waals surface area (Å²) in [5.74, 6) is -0.259. The molecule has 4 amide bonds. The van der Waals surface area contributed by atoms with Crippen molar-refractivity contribution >= 4 is 23.5 Å². The third kappa shape index (κ3) is 5.55. The first kappa shape index (κ1) is 25.3. The van der Waals surface area contributed by atoms with Crippen LogP contribution in [-0.2, 0) is 15.8 Å². The zero-order chi connectivity index (χ0) is 25.4. The highest BCUT2D eigenvalue weighted by molar-refractivity contribution is 5.94. The number of amides is 4. The van der Waals surface area contributed by atoms with Crippen LogP contribution in [0.4, 0.5) is 23.7 Å². The van der Waals surface area contributed by atoms with Crippen molar-refractivity contribution in [2.24, 2.45) is 5.41 Å². The van der Waals surface area contributed by atoms with Gasteiger partial charge in [0, 0.05) is 44.8 Å². The highest BCUT2D eigenvalue weighted by atomic mass is 19.4. The largest absolute Gasteiger partial charge is 0.416 e. The lowest BCUT2D eigenvalue weighted by Gasteiger charge is -2.39. The van der Waals surface area contributed by atoms with E-state index in [4.69, 9.17) is 0 Å². The van der Waals surface area contributed by atoms with Gasteiger partial charge in [-0.25, -0.2) is 4.79 Å². The predicted octanol–water partition coefficient (Wildman–Crippen LogP) is 2.92. The number of nitrogens with zero attached hydrogens (tertiary/aromatic N) is 3. The van der Waals surface area contributed by atoms with Crippen molar-refractivity contribution in [1.29, 1.82) is 0 Å². The maximum Gasteiger partial charge on any atom is 0.416 e. The van der Waals surface area contributed by atoms with Crippen LogP contribution in [0.5, 0.6) is 0 Å². The molecule has 4 rings (SSSR count). The van der Waals surface area contributed by atoms with Gasteiger partial charge in [0.05, 0.1) is 11.7 Å². The van der Waals surface area contributed by atoms with Gasteiger partial charge in [0.15, 0.2) is 0 Å². The second kappa shape index (κ2) is 9.67. The highest BCUT2D eigenvalue weighted by Crippen LogP contribution is 2.53. The van der Waals surface area contributed by atoms with Crippen molar-refractivity contribution in [3.05, 3.63) is 29.8 Å². The van der Waals surface area contributed by atoms with Crippen LogP contribution in [0.2, 0.25) is 0 Å². The molecule has 192 valence electrons. The summed E-state index contributed by atoms with van der Waals surface area (Å²) in [5.41, 5.74) is -0.564. The molecule has 1 spiro atoms. The van der Waals surface area contributed by atoms with Crippen LogP contribution < -0.4 is 5.32 Å². The molecule has 8 nitrogen and oxygen atoms in total. The third-order valence-electron chi connectivity index (χ3n) is 7.52. The Morgan fingerprint density at radius 2 is 1.80 bits per heavy atom. The molecule has 2 N–H and O–H groups in total. The number of piperazine rings is 1. The number of piperidine rings is 1. The Morgan fingerprint density at radius 1 is 1.11 bits per heavy atom. The minimum Gasteiger partial charge on any atom is -0.391 e. The Hall–Kier alpha value is -2.82. The van der Waals surface area contributed by atoms with Crippen LogP contribution in [0.15, 0.2) is 24.3 Å². The molecule has 3 fully saturated rings. The Kier molecular flexibility index (Phi) is 6.99. The zero-order valence-corrected chi connectivity index (χ0v) is 19.7. The van der Waals surface area contributed by atoms with Gasteiger partial charge in [-0.3, -0.25) is 9.59 Å². The van der Waals surface area contributed by atoms with Gasteiger partial charge in [-0.15, -0.1) is 0 Å². The first-order valence-corrected chi connectivity index (χ1v) is 12.0. The maximum atomic E-state index is 12.8. The molecule has 2 saturated heterocycles. The fraction of sp³-hybridized carbons (Fsp3) is 0.625. The first-order valence-electron chi connectivity index (χ1n) is 12.0. The number of β-amino-alcohol motifs (C(OH)–C–C–N with tert-alkyl or cyclic N) is 1. The average molecular weight is 497 g/mol. The van der Waals surface area contributed by atoms with Crippen molar-refractivity contribution in [2.45, 2.75) is 57.3 Å². The molecule has 2 aliphatic heterocycles. The fourth-order valence-corrected chi connectivity index (χ4v) is 4.93. The molecule has 0 unspecified atom stereocenters. The van der Waals surface area contributed by atoms with E-state index >= 15 is 0 Å². The summed E-state index contributed by atoms with van der Waals surface area (Å²) in [6, 6.07) is 2.83. The minimum atomic E-state index is -4.46. The second-order valence-electron chi connectivity index (χ2n) is 9.77. The number of carbonyl (C=O) groups is 3. The summed E-state index contributed by atoms with van der Waals surface area (Å²) < 4.78 is 38.1. The van der Waals surface area contributed by atoms with Gasteiger partial charge >= 0.3 is 12.2 Å². The number of benzene rings is 1. The number of hydrogen-bond donors (Lipinski definition) is 2. The van der Waals surface area contributed by atoms with E-state index in [1.165, 1.54) is 17.0 Å². The van der Waals surface area contributed by atoms with Crippen molar-refractivity contribution in [2.75, 3.05) is 38.0 Å². The van der Waals surface area contributed by atoms with E-state index in [1.54, 1.807) is 16.7 Å². The van der Waals surface area contributed by atoms with E-state index in [0.717, 1.165) is 31.4 Å². The molecule has 11 heteroatoms. The average Bonchev–Trinajstić information content (AvgIpc) is 3.59. The highest BCUT2D eigenvalue weighted by Gasteiger charge is 2.51. The lowest BCUT2D eigenvalue weighted by molar-refractivity contribution is -0.140. The second-order valence-corrected chi connectivity index (χ2v) is 9.77. The van der Waals surface area contributed by atoms with E-state index in [9.17, 15) is 32.7 Å². The van der Waals surface area contributed by atoms with Crippen molar-refractivity contribution < 1.29 is 32.7 Å². The molecule has 0 bridgehead atoms. The van der Waals surface area contributed by atoms with Crippen molar-refractivity contribution in [3.63, 3.8) is 0 Å². The van der Waals surface area contributed by atoms with Crippen molar-refractivity contribution in [3.8, 4) is 0 Å².